The third-order valence-electron chi connectivity index (χ3n) is 2.60. The van der Waals surface area contributed by atoms with Crippen molar-refractivity contribution in [2.75, 3.05) is 6.61 Å². The van der Waals surface area contributed by atoms with E-state index in [-0.39, 0.29) is 6.61 Å². The average Bonchev–Trinajstić information content (AvgIpc) is 2.56. The number of aliphatic hydroxyl groups is 3. The van der Waals surface area contributed by atoms with Crippen LogP contribution in [0.25, 0.3) is 0 Å². The Kier molecular flexibility index (Phi) is 3.56. The minimum absolute atomic E-state index is 0.323. The second kappa shape index (κ2) is 4.77. The number of nitrogens with zero attached hydrogens (tertiary/aromatic N) is 1. The summed E-state index contributed by atoms with van der Waals surface area (Å²) in [6.45, 7) is -0.323. The highest BCUT2D eigenvalue weighted by molar-refractivity contribution is 9.10. The first-order chi connectivity index (χ1) is 7.63. The predicted octanol–water partition coefficient (Wildman–Crippen LogP) is -0.00190. The summed E-state index contributed by atoms with van der Waals surface area (Å²) in [5.74, 6) is 0. The molecule has 0 amide bonds. The van der Waals surface area contributed by atoms with Gasteiger partial charge in [0, 0.05) is 22.4 Å². The highest BCUT2D eigenvalue weighted by Crippen LogP contribution is 2.33. The van der Waals surface area contributed by atoms with E-state index in [0.29, 0.717) is 5.56 Å². The molecule has 0 bridgehead atoms. The molecule has 0 spiro atoms. The van der Waals surface area contributed by atoms with E-state index in [0.717, 1.165) is 4.47 Å². The number of hydrogen-bond donors (Lipinski definition) is 3. The van der Waals surface area contributed by atoms with Crippen molar-refractivity contribution in [3.05, 3.63) is 28.5 Å². The highest BCUT2D eigenvalue weighted by atomic mass is 79.9. The quantitative estimate of drug-likeness (QED) is 0.714. The maximum Gasteiger partial charge on any atom is 0.113 e. The lowest BCUT2D eigenvalue weighted by Crippen LogP contribution is -2.32. The van der Waals surface area contributed by atoms with Crippen LogP contribution in [0.1, 0.15) is 11.7 Å². The number of hydrogen-bond acceptors (Lipinski definition) is 5. The Morgan fingerprint density at radius 3 is 2.62 bits per heavy atom. The summed E-state index contributed by atoms with van der Waals surface area (Å²) in [6.07, 6.45) is -0.353. The Hall–Kier alpha value is -0.530. The first-order valence-electron chi connectivity index (χ1n) is 4.86. The zero-order valence-electron chi connectivity index (χ0n) is 8.32. The Bertz CT molecular complexity index is 376. The van der Waals surface area contributed by atoms with Gasteiger partial charge >= 0.3 is 0 Å². The molecule has 0 aliphatic carbocycles. The number of rotatable bonds is 2. The summed E-state index contributed by atoms with van der Waals surface area (Å²) in [5.41, 5.74) is 0.664. The van der Waals surface area contributed by atoms with Gasteiger partial charge in [-0.3, -0.25) is 4.98 Å². The lowest BCUT2D eigenvalue weighted by molar-refractivity contribution is -0.0228. The summed E-state index contributed by atoms with van der Waals surface area (Å²) in [5, 5.41) is 28.3. The van der Waals surface area contributed by atoms with Crippen LogP contribution in [0.3, 0.4) is 0 Å². The molecule has 1 fully saturated rings. The van der Waals surface area contributed by atoms with Crippen LogP contribution in [0, 0.1) is 0 Å². The number of ether oxygens (including phenoxy) is 1. The van der Waals surface area contributed by atoms with Crippen molar-refractivity contribution in [3.8, 4) is 0 Å². The molecule has 1 saturated heterocycles. The van der Waals surface area contributed by atoms with Crippen LogP contribution in [0.4, 0.5) is 0 Å². The number of aromatic nitrogens is 1. The summed E-state index contributed by atoms with van der Waals surface area (Å²) >= 11 is 3.26. The maximum atomic E-state index is 9.77. The van der Waals surface area contributed by atoms with E-state index in [2.05, 4.69) is 20.9 Å². The van der Waals surface area contributed by atoms with Crippen LogP contribution < -0.4 is 0 Å². The lowest BCUT2D eigenvalue weighted by atomic mass is 10.0. The van der Waals surface area contributed by atoms with Gasteiger partial charge in [0.1, 0.15) is 24.4 Å². The number of pyridine rings is 1. The number of aliphatic hydroxyl groups excluding tert-OH is 3. The highest BCUT2D eigenvalue weighted by Gasteiger charge is 2.43. The number of halogens is 1. The van der Waals surface area contributed by atoms with Crippen molar-refractivity contribution < 1.29 is 20.1 Å². The van der Waals surface area contributed by atoms with Gasteiger partial charge in [0.25, 0.3) is 0 Å². The van der Waals surface area contributed by atoms with Crippen molar-refractivity contribution in [3.63, 3.8) is 0 Å². The molecule has 0 saturated carbocycles. The van der Waals surface area contributed by atoms with Gasteiger partial charge in [-0.25, -0.2) is 0 Å². The van der Waals surface area contributed by atoms with Crippen molar-refractivity contribution in [2.24, 2.45) is 0 Å². The smallest absolute Gasteiger partial charge is 0.113 e. The molecule has 6 heteroatoms. The summed E-state index contributed by atoms with van der Waals surface area (Å²) in [6, 6.07) is 1.76. The Balaban J connectivity index is 2.23. The standard InChI is InChI=1S/C10H12BrNO4/c11-6-1-5(2-12-3-6)10-9(15)8(14)7(4-13)16-10/h1-3,7-10,13-15H,4H2/t7-,8+,9+,10+/m1/s1. The van der Waals surface area contributed by atoms with Gasteiger partial charge in [0.2, 0.25) is 0 Å². The molecule has 16 heavy (non-hydrogen) atoms. The first kappa shape index (κ1) is 11.9. The molecule has 3 N–H and O–H groups in total. The van der Waals surface area contributed by atoms with Crippen LogP contribution >= 0.6 is 15.9 Å². The lowest BCUT2D eigenvalue weighted by Gasteiger charge is -2.14. The fourth-order valence-electron chi connectivity index (χ4n) is 1.76. The van der Waals surface area contributed by atoms with Crippen LogP contribution in [-0.4, -0.2) is 45.2 Å². The zero-order valence-corrected chi connectivity index (χ0v) is 9.91. The molecule has 0 radical (unpaired) electrons. The third-order valence-corrected chi connectivity index (χ3v) is 3.03. The van der Waals surface area contributed by atoms with Crippen molar-refractivity contribution in [1.82, 2.24) is 4.98 Å². The summed E-state index contributed by atoms with van der Waals surface area (Å²) in [4.78, 5) is 3.96. The minimum atomic E-state index is -1.08. The van der Waals surface area contributed by atoms with Gasteiger partial charge in [0.15, 0.2) is 0 Å². The van der Waals surface area contributed by atoms with Gasteiger partial charge < -0.3 is 20.1 Å². The molecule has 1 aliphatic heterocycles. The van der Waals surface area contributed by atoms with E-state index in [1.165, 1.54) is 0 Å². The monoisotopic (exact) mass is 289 g/mol. The largest absolute Gasteiger partial charge is 0.394 e. The van der Waals surface area contributed by atoms with E-state index < -0.39 is 24.4 Å². The second-order valence-electron chi connectivity index (χ2n) is 3.70. The fraction of sp³-hybridized carbons (Fsp3) is 0.500. The van der Waals surface area contributed by atoms with Gasteiger partial charge in [-0.1, -0.05) is 0 Å². The predicted molar refractivity (Wildman–Crippen MR) is 58.7 cm³/mol. The molecule has 2 rings (SSSR count). The first-order valence-corrected chi connectivity index (χ1v) is 5.65. The molecule has 0 unspecified atom stereocenters. The van der Waals surface area contributed by atoms with Crippen LogP contribution in [0.2, 0.25) is 0 Å². The Labute approximate surface area is 101 Å². The van der Waals surface area contributed by atoms with Gasteiger partial charge in [-0.05, 0) is 22.0 Å². The molecular formula is C10H12BrNO4. The third kappa shape index (κ3) is 2.11. The molecular weight excluding hydrogens is 278 g/mol. The van der Waals surface area contributed by atoms with Crippen LogP contribution in [0.5, 0.6) is 0 Å². The van der Waals surface area contributed by atoms with E-state index in [4.69, 9.17) is 9.84 Å². The van der Waals surface area contributed by atoms with Gasteiger partial charge in [-0.2, -0.15) is 0 Å². The molecule has 1 aliphatic rings. The van der Waals surface area contributed by atoms with E-state index in [1.807, 2.05) is 0 Å². The maximum absolute atomic E-state index is 9.77. The second-order valence-corrected chi connectivity index (χ2v) is 4.61. The molecule has 2 heterocycles. The van der Waals surface area contributed by atoms with Crippen molar-refractivity contribution in [1.29, 1.82) is 0 Å². The Morgan fingerprint density at radius 1 is 1.31 bits per heavy atom. The molecule has 5 nitrogen and oxygen atoms in total. The topological polar surface area (TPSA) is 82.8 Å². The van der Waals surface area contributed by atoms with E-state index in [1.54, 1.807) is 18.5 Å². The molecule has 1 aromatic heterocycles. The van der Waals surface area contributed by atoms with E-state index >= 15 is 0 Å². The minimum Gasteiger partial charge on any atom is -0.394 e. The Morgan fingerprint density at radius 2 is 2.06 bits per heavy atom. The SMILES string of the molecule is OC[C@H]1O[C@@H](c2cncc(Br)c2)[C@@H](O)[C@H]1O. The fourth-order valence-corrected chi connectivity index (χ4v) is 2.14. The molecule has 0 aromatic carbocycles. The van der Waals surface area contributed by atoms with Crippen LogP contribution in [-0.2, 0) is 4.74 Å². The van der Waals surface area contributed by atoms with Crippen molar-refractivity contribution >= 4 is 15.9 Å². The van der Waals surface area contributed by atoms with Gasteiger partial charge in [0.05, 0.1) is 6.61 Å². The van der Waals surface area contributed by atoms with Gasteiger partial charge in [-0.15, -0.1) is 0 Å². The normalized spacial score (nSPS) is 34.2. The summed E-state index contributed by atoms with van der Waals surface area (Å²) in [7, 11) is 0. The van der Waals surface area contributed by atoms with E-state index in [9.17, 15) is 10.2 Å². The molecule has 1 aromatic rings. The average molecular weight is 290 g/mol. The molecule has 88 valence electrons. The summed E-state index contributed by atoms with van der Waals surface area (Å²) < 4.78 is 6.13. The van der Waals surface area contributed by atoms with Crippen LogP contribution in [0.15, 0.2) is 22.9 Å². The zero-order chi connectivity index (χ0) is 11.7. The molecule has 4 atom stereocenters. The van der Waals surface area contributed by atoms with Crippen molar-refractivity contribution in [2.45, 2.75) is 24.4 Å².